The third kappa shape index (κ3) is 2.15. The van der Waals surface area contributed by atoms with Crippen molar-refractivity contribution < 1.29 is 23.4 Å². The molecule has 0 radical (unpaired) electrons. The molecule has 0 fully saturated rings. The quantitative estimate of drug-likeness (QED) is 0.877. The fourth-order valence-electron chi connectivity index (χ4n) is 1.05. The highest BCUT2D eigenvalue weighted by atomic mass is 35.5. The number of hydrogen-bond acceptors (Lipinski definition) is 3. The Morgan fingerprint density at radius 2 is 2.27 bits per heavy atom. The van der Waals surface area contributed by atoms with E-state index in [1.807, 2.05) is 0 Å². The average molecular weight is 238 g/mol. The maximum Gasteiger partial charge on any atom is 0.358 e. The molecular weight excluding hydrogens is 232 g/mol. The van der Waals surface area contributed by atoms with E-state index in [9.17, 15) is 13.6 Å². The number of hydrogen-bond donors (Lipinski definition) is 1. The number of ether oxygens (including phenoxy) is 1. The number of aromatic carboxylic acids is 1. The lowest BCUT2D eigenvalue weighted by Crippen LogP contribution is -2.07. The van der Waals surface area contributed by atoms with Crippen LogP contribution in [0.5, 0.6) is 5.75 Å². The Morgan fingerprint density at radius 1 is 1.67 bits per heavy atom. The molecule has 1 aromatic rings. The van der Waals surface area contributed by atoms with Crippen molar-refractivity contribution in [1.82, 2.24) is 4.98 Å². The van der Waals surface area contributed by atoms with Gasteiger partial charge in [-0.25, -0.2) is 18.6 Å². The highest BCUT2D eigenvalue weighted by Crippen LogP contribution is 2.36. The van der Waals surface area contributed by atoms with Crippen molar-refractivity contribution in [1.29, 1.82) is 0 Å². The van der Waals surface area contributed by atoms with Crippen molar-refractivity contribution >= 4 is 17.6 Å². The fraction of sp³-hybridized carbons (Fsp3) is 0.250. The van der Waals surface area contributed by atoms with E-state index in [4.69, 9.17) is 16.7 Å². The van der Waals surface area contributed by atoms with Crippen molar-refractivity contribution in [2.45, 2.75) is 6.43 Å². The van der Waals surface area contributed by atoms with Gasteiger partial charge in [0.1, 0.15) is 0 Å². The van der Waals surface area contributed by atoms with Gasteiger partial charge in [-0.2, -0.15) is 0 Å². The van der Waals surface area contributed by atoms with Gasteiger partial charge < -0.3 is 9.84 Å². The monoisotopic (exact) mass is 237 g/mol. The molecule has 4 nitrogen and oxygen atoms in total. The van der Waals surface area contributed by atoms with Gasteiger partial charge >= 0.3 is 5.97 Å². The number of carbonyl (C=O) groups is 1. The molecule has 0 aliphatic rings. The van der Waals surface area contributed by atoms with Crippen LogP contribution in [-0.4, -0.2) is 23.2 Å². The normalized spacial score (nSPS) is 10.5. The second kappa shape index (κ2) is 4.39. The van der Waals surface area contributed by atoms with Crippen LogP contribution in [0.25, 0.3) is 0 Å². The summed E-state index contributed by atoms with van der Waals surface area (Å²) in [6.45, 7) is 0. The summed E-state index contributed by atoms with van der Waals surface area (Å²) in [5.74, 6) is -1.96. The van der Waals surface area contributed by atoms with Crippen LogP contribution in [0.3, 0.4) is 0 Å². The molecule has 1 aromatic heterocycles. The molecule has 1 rings (SSSR count). The summed E-state index contributed by atoms with van der Waals surface area (Å²) in [4.78, 5) is 14.0. The Labute approximate surface area is 88.4 Å². The third-order valence-corrected chi connectivity index (χ3v) is 1.95. The zero-order chi connectivity index (χ0) is 11.6. The number of alkyl halides is 2. The average Bonchev–Trinajstić information content (AvgIpc) is 2.15. The Kier molecular flexibility index (Phi) is 3.41. The van der Waals surface area contributed by atoms with Crippen molar-refractivity contribution in [2.24, 2.45) is 0 Å². The van der Waals surface area contributed by atoms with Gasteiger partial charge in [0.25, 0.3) is 6.43 Å². The fourth-order valence-corrected chi connectivity index (χ4v) is 1.26. The van der Waals surface area contributed by atoms with Gasteiger partial charge in [-0.15, -0.1) is 0 Å². The van der Waals surface area contributed by atoms with E-state index in [0.29, 0.717) is 0 Å². The Bertz CT molecular complexity index is 398. The molecule has 0 unspecified atom stereocenters. The molecule has 82 valence electrons. The van der Waals surface area contributed by atoms with E-state index in [1.54, 1.807) is 0 Å². The lowest BCUT2D eigenvalue weighted by atomic mass is 10.2. The Balaban J connectivity index is 3.47. The van der Waals surface area contributed by atoms with Crippen LogP contribution in [0, 0.1) is 0 Å². The Morgan fingerprint density at radius 3 is 2.67 bits per heavy atom. The van der Waals surface area contributed by atoms with Crippen LogP contribution in [0.1, 0.15) is 22.5 Å². The van der Waals surface area contributed by atoms with Crippen LogP contribution in [0.2, 0.25) is 5.02 Å². The molecule has 0 saturated carbocycles. The number of aromatic nitrogens is 1. The van der Waals surface area contributed by atoms with E-state index in [2.05, 4.69) is 9.72 Å². The smallest absolute Gasteiger partial charge is 0.358 e. The summed E-state index contributed by atoms with van der Waals surface area (Å²) in [5.41, 5.74) is -1.25. The number of methoxy groups -OCH3 is 1. The van der Waals surface area contributed by atoms with Gasteiger partial charge in [-0.1, -0.05) is 11.6 Å². The highest BCUT2D eigenvalue weighted by molar-refractivity contribution is 6.31. The summed E-state index contributed by atoms with van der Waals surface area (Å²) in [6, 6.07) is 0. The minimum Gasteiger partial charge on any atom is -0.494 e. The molecule has 15 heavy (non-hydrogen) atoms. The summed E-state index contributed by atoms with van der Waals surface area (Å²) in [6.07, 6.45) is -2.07. The molecule has 0 atom stereocenters. The maximum atomic E-state index is 12.5. The van der Waals surface area contributed by atoms with E-state index in [-0.39, 0.29) is 5.02 Å². The van der Waals surface area contributed by atoms with Crippen molar-refractivity contribution in [2.75, 3.05) is 7.11 Å². The molecule has 0 aromatic carbocycles. The Hall–Kier alpha value is -1.43. The van der Waals surface area contributed by atoms with Crippen molar-refractivity contribution in [3.05, 3.63) is 22.5 Å². The summed E-state index contributed by atoms with van der Waals surface area (Å²) in [7, 11) is 1.08. The van der Waals surface area contributed by atoms with Gasteiger partial charge in [0.2, 0.25) is 0 Å². The zero-order valence-corrected chi connectivity index (χ0v) is 8.26. The number of rotatable bonds is 3. The highest BCUT2D eigenvalue weighted by Gasteiger charge is 2.25. The third-order valence-electron chi connectivity index (χ3n) is 1.65. The predicted molar refractivity (Wildman–Crippen MR) is 47.7 cm³/mol. The predicted octanol–water partition coefficient (Wildman–Crippen LogP) is 2.38. The van der Waals surface area contributed by atoms with Gasteiger partial charge in [0.05, 0.1) is 17.7 Å². The van der Waals surface area contributed by atoms with E-state index in [0.717, 1.165) is 13.3 Å². The first-order valence-corrected chi connectivity index (χ1v) is 4.10. The first-order chi connectivity index (χ1) is 6.99. The van der Waals surface area contributed by atoms with E-state index in [1.165, 1.54) is 0 Å². The number of halogens is 3. The van der Waals surface area contributed by atoms with Crippen LogP contribution >= 0.6 is 11.6 Å². The second-order valence-corrected chi connectivity index (χ2v) is 2.91. The zero-order valence-electron chi connectivity index (χ0n) is 7.50. The summed E-state index contributed by atoms with van der Waals surface area (Å²) < 4.78 is 29.6. The minimum atomic E-state index is -2.92. The lowest BCUT2D eigenvalue weighted by molar-refractivity contribution is 0.0685. The first kappa shape index (κ1) is 11.6. The SMILES string of the molecule is COc1c(C(=O)O)ncc(Cl)c1C(F)F. The molecular formula is C8H6ClF2NO3. The van der Waals surface area contributed by atoms with E-state index < -0.39 is 29.4 Å². The van der Waals surface area contributed by atoms with Gasteiger partial charge in [0, 0.05) is 6.20 Å². The molecule has 1 heterocycles. The number of pyridine rings is 1. The number of carboxylic acids is 1. The van der Waals surface area contributed by atoms with Gasteiger partial charge in [-0.3, -0.25) is 0 Å². The topological polar surface area (TPSA) is 59.4 Å². The summed E-state index contributed by atoms with van der Waals surface area (Å²) >= 11 is 5.46. The van der Waals surface area contributed by atoms with Gasteiger partial charge in [-0.05, 0) is 0 Å². The van der Waals surface area contributed by atoms with Crippen molar-refractivity contribution in [3.8, 4) is 5.75 Å². The molecule has 0 aliphatic carbocycles. The van der Waals surface area contributed by atoms with E-state index >= 15 is 0 Å². The maximum absolute atomic E-state index is 12.5. The largest absolute Gasteiger partial charge is 0.494 e. The summed E-state index contributed by atoms with van der Waals surface area (Å²) in [5, 5.41) is 8.34. The molecule has 0 amide bonds. The molecule has 0 aliphatic heterocycles. The van der Waals surface area contributed by atoms with Crippen LogP contribution in [0.15, 0.2) is 6.20 Å². The van der Waals surface area contributed by atoms with Gasteiger partial charge in [0.15, 0.2) is 11.4 Å². The van der Waals surface area contributed by atoms with Crippen LogP contribution in [0.4, 0.5) is 8.78 Å². The van der Waals surface area contributed by atoms with Crippen LogP contribution in [-0.2, 0) is 0 Å². The lowest BCUT2D eigenvalue weighted by Gasteiger charge is -2.10. The van der Waals surface area contributed by atoms with Crippen LogP contribution < -0.4 is 4.74 Å². The minimum absolute atomic E-state index is 0.327. The molecule has 7 heteroatoms. The number of nitrogens with zero attached hydrogens (tertiary/aromatic N) is 1. The first-order valence-electron chi connectivity index (χ1n) is 3.72. The van der Waals surface area contributed by atoms with Crippen molar-refractivity contribution in [3.63, 3.8) is 0 Å². The standard InChI is InChI=1S/C8H6ClF2NO3/c1-15-6-4(7(10)11)3(9)2-12-5(6)8(13)14/h2,7H,1H3,(H,13,14). The second-order valence-electron chi connectivity index (χ2n) is 2.51. The molecule has 0 bridgehead atoms. The molecule has 0 spiro atoms. The number of carboxylic acid groups (broad SMARTS) is 1. The molecule has 1 N–H and O–H groups in total. The molecule has 0 saturated heterocycles.